The van der Waals surface area contributed by atoms with Crippen LogP contribution in [0.25, 0.3) is 0 Å². The molecule has 2 atom stereocenters. The van der Waals surface area contributed by atoms with Crippen molar-refractivity contribution in [3.8, 4) is 0 Å². The van der Waals surface area contributed by atoms with Gasteiger partial charge in [0.25, 0.3) is 0 Å². The average molecular weight is 367 g/mol. The summed E-state index contributed by atoms with van der Waals surface area (Å²) in [7, 11) is -3.40. The fourth-order valence-corrected chi connectivity index (χ4v) is 4.46. The zero-order chi connectivity index (χ0) is 18.4. The van der Waals surface area contributed by atoms with E-state index < -0.39 is 10.0 Å². The normalized spacial score (nSPS) is 21.1. The molecular formula is C18H30N4O2S. The van der Waals surface area contributed by atoms with Crippen LogP contribution < -0.4 is 11.1 Å². The van der Waals surface area contributed by atoms with Crippen molar-refractivity contribution >= 4 is 16.0 Å². The first-order valence-corrected chi connectivity index (χ1v) is 10.4. The van der Waals surface area contributed by atoms with Gasteiger partial charge in [-0.3, -0.25) is 0 Å². The minimum atomic E-state index is -3.40. The monoisotopic (exact) mass is 366 g/mol. The van der Waals surface area contributed by atoms with E-state index >= 15 is 0 Å². The molecule has 0 radical (unpaired) electrons. The van der Waals surface area contributed by atoms with Crippen molar-refractivity contribution in [3.63, 3.8) is 0 Å². The third kappa shape index (κ3) is 5.44. The van der Waals surface area contributed by atoms with Crippen LogP contribution in [-0.2, 0) is 16.6 Å². The van der Waals surface area contributed by atoms with E-state index in [9.17, 15) is 8.42 Å². The van der Waals surface area contributed by atoms with Gasteiger partial charge in [-0.15, -0.1) is 0 Å². The maximum Gasteiger partial charge on any atom is 0.243 e. The molecule has 25 heavy (non-hydrogen) atoms. The molecule has 3 N–H and O–H groups in total. The maximum absolute atomic E-state index is 12.7. The Balaban J connectivity index is 2.02. The SMILES string of the molecule is CCC(C)NC(N)=NCc1ccc(S(=O)(=O)N2CCCC(C)C2)cc1. The third-order valence-corrected chi connectivity index (χ3v) is 6.50. The van der Waals surface area contributed by atoms with Crippen molar-refractivity contribution in [1.82, 2.24) is 9.62 Å². The summed E-state index contributed by atoms with van der Waals surface area (Å²) in [6.07, 6.45) is 2.99. The Kier molecular flexibility index (Phi) is 6.84. The Bertz CT molecular complexity index is 686. The second-order valence-electron chi connectivity index (χ2n) is 6.91. The molecule has 0 spiro atoms. The predicted octanol–water partition coefficient (Wildman–Crippen LogP) is 2.31. The topological polar surface area (TPSA) is 87.8 Å². The number of hydrogen-bond acceptors (Lipinski definition) is 3. The molecule has 0 bridgehead atoms. The first-order valence-electron chi connectivity index (χ1n) is 8.98. The van der Waals surface area contributed by atoms with Gasteiger partial charge in [-0.25, -0.2) is 13.4 Å². The molecule has 2 unspecified atom stereocenters. The van der Waals surface area contributed by atoms with E-state index in [1.54, 1.807) is 28.6 Å². The van der Waals surface area contributed by atoms with Crippen molar-refractivity contribution in [2.45, 2.75) is 57.5 Å². The Labute approximate surface area is 151 Å². The highest BCUT2D eigenvalue weighted by Crippen LogP contribution is 2.23. The molecule has 0 saturated carbocycles. The Hall–Kier alpha value is -1.60. The first kappa shape index (κ1) is 19.7. The molecule has 6 nitrogen and oxygen atoms in total. The summed E-state index contributed by atoms with van der Waals surface area (Å²) in [5.74, 6) is 0.825. The van der Waals surface area contributed by atoms with Gasteiger partial charge in [0, 0.05) is 19.1 Å². The van der Waals surface area contributed by atoms with Crippen LogP contribution in [0.4, 0.5) is 0 Å². The van der Waals surface area contributed by atoms with Crippen LogP contribution in [-0.4, -0.2) is 37.8 Å². The van der Waals surface area contributed by atoms with E-state index in [0.717, 1.165) is 24.8 Å². The van der Waals surface area contributed by atoms with Gasteiger partial charge in [-0.1, -0.05) is 26.0 Å². The molecule has 1 fully saturated rings. The number of hydrogen-bond donors (Lipinski definition) is 2. The minimum Gasteiger partial charge on any atom is -0.370 e. The van der Waals surface area contributed by atoms with E-state index in [-0.39, 0.29) is 6.04 Å². The van der Waals surface area contributed by atoms with Crippen molar-refractivity contribution in [2.24, 2.45) is 16.6 Å². The summed E-state index contributed by atoms with van der Waals surface area (Å²) in [5.41, 5.74) is 6.77. The highest BCUT2D eigenvalue weighted by atomic mass is 32.2. The smallest absolute Gasteiger partial charge is 0.243 e. The van der Waals surface area contributed by atoms with Crippen molar-refractivity contribution < 1.29 is 8.42 Å². The van der Waals surface area contributed by atoms with Gasteiger partial charge in [0.1, 0.15) is 0 Å². The summed E-state index contributed by atoms with van der Waals surface area (Å²) in [6, 6.07) is 7.22. The van der Waals surface area contributed by atoms with E-state index in [1.165, 1.54) is 0 Å². The van der Waals surface area contributed by atoms with Gasteiger partial charge < -0.3 is 11.1 Å². The largest absolute Gasteiger partial charge is 0.370 e. The summed E-state index contributed by atoms with van der Waals surface area (Å²) in [4.78, 5) is 4.64. The lowest BCUT2D eigenvalue weighted by Crippen LogP contribution is -2.39. The fraction of sp³-hybridized carbons (Fsp3) is 0.611. The molecule has 2 rings (SSSR count). The molecule has 1 aromatic rings. The molecule has 1 aliphatic rings. The number of rotatable bonds is 6. The minimum absolute atomic E-state index is 0.281. The van der Waals surface area contributed by atoms with Crippen LogP contribution in [0.2, 0.25) is 0 Å². The number of sulfonamides is 1. The Morgan fingerprint density at radius 3 is 2.68 bits per heavy atom. The molecule has 1 heterocycles. The molecule has 140 valence electrons. The van der Waals surface area contributed by atoms with Crippen LogP contribution in [0.5, 0.6) is 0 Å². The molecular weight excluding hydrogens is 336 g/mol. The fourth-order valence-electron chi connectivity index (χ4n) is 2.86. The Morgan fingerprint density at radius 2 is 2.08 bits per heavy atom. The van der Waals surface area contributed by atoms with Crippen molar-refractivity contribution in [1.29, 1.82) is 0 Å². The zero-order valence-corrected chi connectivity index (χ0v) is 16.2. The van der Waals surface area contributed by atoms with Crippen LogP contribution in [0, 0.1) is 5.92 Å². The summed E-state index contributed by atoms with van der Waals surface area (Å²) < 4.78 is 27.1. The van der Waals surface area contributed by atoms with Crippen LogP contribution in [0.3, 0.4) is 0 Å². The highest BCUT2D eigenvalue weighted by molar-refractivity contribution is 7.89. The predicted molar refractivity (Wildman–Crippen MR) is 102 cm³/mol. The van der Waals surface area contributed by atoms with Crippen LogP contribution in [0.1, 0.15) is 45.6 Å². The van der Waals surface area contributed by atoms with Crippen molar-refractivity contribution in [3.05, 3.63) is 29.8 Å². The zero-order valence-electron chi connectivity index (χ0n) is 15.4. The van der Waals surface area contributed by atoms with Gasteiger partial charge in [0.05, 0.1) is 11.4 Å². The number of guanidine groups is 1. The quantitative estimate of drug-likeness (QED) is 0.597. The number of nitrogens with one attached hydrogen (secondary N) is 1. The molecule has 0 aliphatic carbocycles. The standard InChI is InChI=1S/C18H30N4O2S/c1-4-15(3)21-18(19)20-12-16-7-9-17(10-8-16)25(23,24)22-11-5-6-14(2)13-22/h7-10,14-15H,4-6,11-13H2,1-3H3,(H3,19,20,21). The number of nitrogens with two attached hydrogens (primary N) is 1. The Morgan fingerprint density at radius 1 is 1.40 bits per heavy atom. The second kappa shape index (κ2) is 8.67. The van der Waals surface area contributed by atoms with E-state index in [2.05, 4.69) is 24.2 Å². The van der Waals surface area contributed by atoms with Gasteiger partial charge in [-0.05, 0) is 49.8 Å². The van der Waals surface area contributed by atoms with Crippen LogP contribution >= 0.6 is 0 Å². The van der Waals surface area contributed by atoms with Crippen molar-refractivity contribution in [2.75, 3.05) is 13.1 Å². The molecule has 0 aromatic heterocycles. The lowest BCUT2D eigenvalue weighted by Gasteiger charge is -2.30. The van der Waals surface area contributed by atoms with Gasteiger partial charge in [-0.2, -0.15) is 4.31 Å². The van der Waals surface area contributed by atoms with E-state index in [4.69, 9.17) is 5.73 Å². The number of aliphatic imine (C=N–C) groups is 1. The summed E-state index contributed by atoms with van der Waals surface area (Å²) >= 11 is 0. The molecule has 0 amide bonds. The number of piperidine rings is 1. The highest BCUT2D eigenvalue weighted by Gasteiger charge is 2.28. The van der Waals surface area contributed by atoms with Gasteiger partial charge in [0.2, 0.25) is 10.0 Å². The number of nitrogens with zero attached hydrogens (tertiary/aromatic N) is 2. The van der Waals surface area contributed by atoms with Crippen LogP contribution in [0.15, 0.2) is 34.2 Å². The third-order valence-electron chi connectivity index (χ3n) is 4.62. The molecule has 7 heteroatoms. The lowest BCUT2D eigenvalue weighted by molar-refractivity contribution is 0.281. The summed E-state index contributed by atoms with van der Waals surface area (Å²) in [6.45, 7) is 7.86. The second-order valence-corrected chi connectivity index (χ2v) is 8.85. The molecule has 1 saturated heterocycles. The van der Waals surface area contributed by atoms with E-state index in [0.29, 0.717) is 36.4 Å². The van der Waals surface area contributed by atoms with Gasteiger partial charge in [0.15, 0.2) is 5.96 Å². The van der Waals surface area contributed by atoms with Gasteiger partial charge >= 0.3 is 0 Å². The molecule has 1 aliphatic heterocycles. The average Bonchev–Trinajstić information content (AvgIpc) is 2.60. The summed E-state index contributed by atoms with van der Waals surface area (Å²) in [5, 5.41) is 3.11. The maximum atomic E-state index is 12.7. The number of benzene rings is 1. The van der Waals surface area contributed by atoms with E-state index in [1.807, 2.05) is 6.92 Å². The lowest BCUT2D eigenvalue weighted by atomic mass is 10.0. The molecule has 1 aromatic carbocycles. The first-order chi connectivity index (χ1) is 11.8.